The van der Waals surface area contributed by atoms with Crippen LogP contribution < -0.4 is 5.69 Å². The zero-order valence-corrected chi connectivity index (χ0v) is 9.88. The maximum Gasteiger partial charge on any atom is 0.332 e. The molecule has 0 saturated heterocycles. The lowest BCUT2D eigenvalue weighted by molar-refractivity contribution is -0.116. The Kier molecular flexibility index (Phi) is 2.95. The molecule has 0 fully saturated rings. The second-order valence-electron chi connectivity index (χ2n) is 4.11. The molecule has 2 aromatic rings. The molecule has 1 aromatic heterocycles. The van der Waals surface area contributed by atoms with Crippen molar-refractivity contribution in [2.45, 2.75) is 13.3 Å². The first-order valence-corrected chi connectivity index (χ1v) is 5.40. The van der Waals surface area contributed by atoms with Crippen LogP contribution in [0.4, 0.5) is 0 Å². The van der Waals surface area contributed by atoms with Crippen LogP contribution in [0.25, 0.3) is 5.69 Å². The van der Waals surface area contributed by atoms with Gasteiger partial charge in [0.05, 0.1) is 5.69 Å². The van der Waals surface area contributed by atoms with E-state index in [1.807, 2.05) is 24.3 Å². The van der Waals surface area contributed by atoms with E-state index in [0.717, 1.165) is 11.3 Å². The molecule has 0 bridgehead atoms. The van der Waals surface area contributed by atoms with Crippen molar-refractivity contribution in [3.05, 3.63) is 52.7 Å². The van der Waals surface area contributed by atoms with E-state index in [0.29, 0.717) is 6.42 Å². The summed E-state index contributed by atoms with van der Waals surface area (Å²) in [5.74, 6) is 0.134. The summed E-state index contributed by atoms with van der Waals surface area (Å²) < 4.78 is 3.08. The van der Waals surface area contributed by atoms with Gasteiger partial charge in [0.25, 0.3) is 0 Å². The Hall–Kier alpha value is -2.10. The average Bonchev–Trinajstić information content (AvgIpc) is 2.60. The van der Waals surface area contributed by atoms with Crippen LogP contribution in [0.1, 0.15) is 12.5 Å². The number of nitrogens with zero attached hydrogens (tertiary/aromatic N) is 2. The zero-order valence-electron chi connectivity index (χ0n) is 9.88. The fourth-order valence-electron chi connectivity index (χ4n) is 1.72. The van der Waals surface area contributed by atoms with E-state index in [2.05, 4.69) is 0 Å². The minimum Gasteiger partial charge on any atom is -0.302 e. The summed E-state index contributed by atoms with van der Waals surface area (Å²) in [4.78, 5) is 22.7. The predicted octanol–water partition coefficient (Wildman–Crippen LogP) is 1.31. The summed E-state index contributed by atoms with van der Waals surface area (Å²) in [6.07, 6.45) is 3.87. The van der Waals surface area contributed by atoms with E-state index in [9.17, 15) is 9.59 Å². The highest BCUT2D eigenvalue weighted by molar-refractivity contribution is 5.78. The lowest BCUT2D eigenvalue weighted by Gasteiger charge is -2.03. The molecule has 0 N–H and O–H groups in total. The van der Waals surface area contributed by atoms with Crippen LogP contribution in [0.15, 0.2) is 41.5 Å². The Morgan fingerprint density at radius 3 is 2.29 bits per heavy atom. The molecule has 1 aromatic carbocycles. The third-order valence-corrected chi connectivity index (χ3v) is 2.61. The van der Waals surface area contributed by atoms with Gasteiger partial charge in [-0.15, -0.1) is 0 Å². The topological polar surface area (TPSA) is 44.0 Å². The van der Waals surface area contributed by atoms with E-state index in [4.69, 9.17) is 0 Å². The summed E-state index contributed by atoms with van der Waals surface area (Å²) >= 11 is 0. The van der Waals surface area contributed by atoms with Crippen LogP contribution in [0.2, 0.25) is 0 Å². The number of rotatable bonds is 3. The Morgan fingerprint density at radius 1 is 1.18 bits per heavy atom. The molecule has 4 heteroatoms. The second kappa shape index (κ2) is 4.41. The van der Waals surface area contributed by atoms with Gasteiger partial charge in [0.15, 0.2) is 0 Å². The van der Waals surface area contributed by atoms with E-state index in [1.165, 1.54) is 4.57 Å². The normalized spacial score (nSPS) is 10.5. The molecule has 0 aliphatic heterocycles. The van der Waals surface area contributed by atoms with Crippen molar-refractivity contribution in [2.75, 3.05) is 0 Å². The van der Waals surface area contributed by atoms with Gasteiger partial charge in [-0.05, 0) is 24.6 Å². The van der Waals surface area contributed by atoms with Crippen LogP contribution in [0, 0.1) is 0 Å². The van der Waals surface area contributed by atoms with Crippen molar-refractivity contribution >= 4 is 5.78 Å². The van der Waals surface area contributed by atoms with Crippen molar-refractivity contribution in [3.8, 4) is 5.69 Å². The highest BCUT2D eigenvalue weighted by Crippen LogP contribution is 2.08. The number of hydrogen-bond acceptors (Lipinski definition) is 2. The first kappa shape index (κ1) is 11.4. The molecule has 0 aliphatic rings. The number of ketones is 1. The van der Waals surface area contributed by atoms with Crippen LogP contribution in [0.3, 0.4) is 0 Å². The summed E-state index contributed by atoms with van der Waals surface area (Å²) in [6, 6.07) is 7.44. The van der Waals surface area contributed by atoms with Crippen LogP contribution in [-0.2, 0) is 18.3 Å². The molecule has 1 heterocycles. The lowest BCUT2D eigenvalue weighted by Crippen LogP contribution is -2.20. The van der Waals surface area contributed by atoms with Crippen LogP contribution in [0.5, 0.6) is 0 Å². The Bertz CT molecular complexity index is 591. The highest BCUT2D eigenvalue weighted by atomic mass is 16.1. The Labute approximate surface area is 99.1 Å². The fraction of sp³-hybridized carbons (Fsp3) is 0.231. The smallest absolute Gasteiger partial charge is 0.302 e. The molecule has 88 valence electrons. The standard InChI is InChI=1S/C13H14N2O2/c1-10(16)9-11-3-5-12(6-4-11)15-8-7-14(2)13(15)17/h3-8H,9H2,1-2H3. The minimum absolute atomic E-state index is 0.0793. The van der Waals surface area contributed by atoms with Gasteiger partial charge in [-0.1, -0.05) is 12.1 Å². The first-order valence-electron chi connectivity index (χ1n) is 5.40. The fourth-order valence-corrected chi connectivity index (χ4v) is 1.72. The molecular weight excluding hydrogens is 216 g/mol. The minimum atomic E-state index is -0.0793. The molecule has 0 amide bonds. The van der Waals surface area contributed by atoms with Gasteiger partial charge < -0.3 is 4.57 Å². The summed E-state index contributed by atoms with van der Waals surface area (Å²) in [5.41, 5.74) is 1.69. The number of Topliss-reactive ketones (excluding diaryl/α,β-unsaturated/α-hetero) is 1. The molecule has 0 atom stereocenters. The van der Waals surface area contributed by atoms with Gasteiger partial charge in [0.2, 0.25) is 0 Å². The Balaban J connectivity index is 2.33. The second-order valence-corrected chi connectivity index (χ2v) is 4.11. The molecule has 2 rings (SSSR count). The van der Waals surface area contributed by atoms with Crippen molar-refractivity contribution in [1.82, 2.24) is 9.13 Å². The van der Waals surface area contributed by atoms with Gasteiger partial charge in [-0.2, -0.15) is 0 Å². The number of benzene rings is 1. The van der Waals surface area contributed by atoms with Crippen molar-refractivity contribution in [1.29, 1.82) is 0 Å². The molecule has 0 spiro atoms. The quantitative estimate of drug-likeness (QED) is 0.798. The van der Waals surface area contributed by atoms with Gasteiger partial charge in [0.1, 0.15) is 5.78 Å². The zero-order chi connectivity index (χ0) is 12.4. The summed E-state index contributed by atoms with van der Waals surface area (Å²) in [7, 11) is 1.71. The van der Waals surface area contributed by atoms with Gasteiger partial charge in [-0.3, -0.25) is 9.36 Å². The summed E-state index contributed by atoms with van der Waals surface area (Å²) in [6.45, 7) is 1.57. The molecule has 0 radical (unpaired) electrons. The number of carbonyl (C=O) groups is 1. The highest BCUT2D eigenvalue weighted by Gasteiger charge is 2.03. The van der Waals surface area contributed by atoms with Crippen molar-refractivity contribution in [2.24, 2.45) is 7.05 Å². The molecule has 0 unspecified atom stereocenters. The number of carbonyl (C=O) groups excluding carboxylic acids is 1. The lowest BCUT2D eigenvalue weighted by atomic mass is 10.1. The number of hydrogen-bond donors (Lipinski definition) is 0. The van der Waals surface area contributed by atoms with E-state index < -0.39 is 0 Å². The number of aromatic nitrogens is 2. The van der Waals surface area contributed by atoms with Gasteiger partial charge in [0, 0.05) is 25.9 Å². The van der Waals surface area contributed by atoms with Crippen molar-refractivity contribution < 1.29 is 4.79 Å². The van der Waals surface area contributed by atoms with Crippen molar-refractivity contribution in [3.63, 3.8) is 0 Å². The maximum absolute atomic E-state index is 11.7. The first-order chi connectivity index (χ1) is 8.08. The third kappa shape index (κ3) is 2.36. The molecule has 0 saturated carbocycles. The molecule has 17 heavy (non-hydrogen) atoms. The van der Waals surface area contributed by atoms with E-state index >= 15 is 0 Å². The maximum atomic E-state index is 11.7. The van der Waals surface area contributed by atoms with Crippen LogP contribution in [-0.4, -0.2) is 14.9 Å². The van der Waals surface area contributed by atoms with Gasteiger partial charge >= 0.3 is 5.69 Å². The SMILES string of the molecule is CC(=O)Cc1ccc(-n2ccn(C)c2=O)cc1. The van der Waals surface area contributed by atoms with E-state index in [-0.39, 0.29) is 11.5 Å². The molecule has 0 aliphatic carbocycles. The van der Waals surface area contributed by atoms with Gasteiger partial charge in [-0.25, -0.2) is 4.79 Å². The van der Waals surface area contributed by atoms with E-state index in [1.54, 1.807) is 30.9 Å². The van der Waals surface area contributed by atoms with Crippen LogP contribution >= 0.6 is 0 Å². The average molecular weight is 230 g/mol. The Morgan fingerprint density at radius 2 is 1.82 bits per heavy atom. The molecule has 4 nitrogen and oxygen atoms in total. The monoisotopic (exact) mass is 230 g/mol. The third-order valence-electron chi connectivity index (χ3n) is 2.61. The number of aryl methyl sites for hydroxylation is 1. The number of imidazole rings is 1. The summed E-state index contributed by atoms with van der Waals surface area (Å²) in [5, 5.41) is 0. The predicted molar refractivity (Wildman–Crippen MR) is 65.4 cm³/mol. The largest absolute Gasteiger partial charge is 0.332 e. The molecular formula is C13H14N2O2.